The number of nitrogens with zero attached hydrogens (tertiary/aromatic N) is 2. The summed E-state index contributed by atoms with van der Waals surface area (Å²) >= 11 is 0. The summed E-state index contributed by atoms with van der Waals surface area (Å²) in [5.41, 5.74) is -0.514. The summed E-state index contributed by atoms with van der Waals surface area (Å²) in [6, 6.07) is 6.42. The van der Waals surface area contributed by atoms with Crippen LogP contribution in [0.25, 0.3) is 22.2 Å². The van der Waals surface area contributed by atoms with E-state index in [2.05, 4.69) is 15.0 Å². The van der Waals surface area contributed by atoms with Gasteiger partial charge in [0.05, 0.1) is 17.0 Å². The highest BCUT2D eigenvalue weighted by molar-refractivity contribution is 7.92. The molecule has 10 heteroatoms. The maximum Gasteiger partial charge on any atom is 0.232 e. The highest BCUT2D eigenvalue weighted by Gasteiger charge is 2.26. The summed E-state index contributed by atoms with van der Waals surface area (Å²) in [5.74, 6) is -5.45. The van der Waals surface area contributed by atoms with Gasteiger partial charge in [0, 0.05) is 53.7 Å². The molecule has 0 fully saturated rings. The standard InChI is InChI=1S/C22H18F2N4O3S/c1-2-8-32(30,31)28-18-6-5-17(23)19(20(18)24)21(29)16-12-27-22-15(16)9-14(11-26-22)13-4-3-7-25-10-13/h3-7,9-12,28H,2,8H2,1H3,(H,26,27)/i1D3,2D2. The van der Waals surface area contributed by atoms with E-state index in [-0.39, 0.29) is 16.6 Å². The Hall–Kier alpha value is -3.66. The molecule has 3 heterocycles. The van der Waals surface area contributed by atoms with E-state index in [0.29, 0.717) is 23.3 Å². The van der Waals surface area contributed by atoms with Crippen LogP contribution < -0.4 is 4.72 Å². The first-order valence-corrected chi connectivity index (χ1v) is 10.8. The number of hydrogen-bond acceptors (Lipinski definition) is 5. The van der Waals surface area contributed by atoms with Crippen molar-refractivity contribution in [3.05, 3.63) is 77.9 Å². The predicted octanol–water partition coefficient (Wildman–Crippen LogP) is 4.29. The van der Waals surface area contributed by atoms with E-state index >= 15 is 4.39 Å². The molecule has 0 radical (unpaired) electrons. The Morgan fingerprint density at radius 1 is 1.25 bits per heavy atom. The number of nitrogens with one attached hydrogen (secondary N) is 2. The fraction of sp³-hybridized carbons (Fsp3) is 0.136. The number of hydrogen-bond donors (Lipinski definition) is 2. The third-order valence-electron chi connectivity index (χ3n) is 4.62. The van der Waals surface area contributed by atoms with Gasteiger partial charge in [0.2, 0.25) is 15.8 Å². The van der Waals surface area contributed by atoms with Crippen molar-refractivity contribution in [3.63, 3.8) is 0 Å². The number of ketones is 1. The largest absolute Gasteiger partial charge is 0.345 e. The molecule has 3 aromatic heterocycles. The van der Waals surface area contributed by atoms with Crippen LogP contribution in [-0.4, -0.2) is 34.9 Å². The number of rotatable bonds is 7. The Morgan fingerprint density at radius 2 is 2.09 bits per heavy atom. The van der Waals surface area contributed by atoms with E-state index in [0.717, 1.165) is 0 Å². The summed E-state index contributed by atoms with van der Waals surface area (Å²) < 4.78 is 93.0. The Labute approximate surface area is 189 Å². The molecule has 1 aromatic carbocycles. The molecule has 0 saturated carbocycles. The molecule has 0 aliphatic carbocycles. The van der Waals surface area contributed by atoms with E-state index in [9.17, 15) is 17.6 Å². The number of halogens is 2. The lowest BCUT2D eigenvalue weighted by Gasteiger charge is -2.11. The fourth-order valence-corrected chi connectivity index (χ4v) is 3.91. The van der Waals surface area contributed by atoms with Crippen LogP contribution in [0.15, 0.2) is 55.1 Å². The lowest BCUT2D eigenvalue weighted by molar-refractivity contribution is 0.103. The average molecular weight is 462 g/mol. The zero-order valence-electron chi connectivity index (χ0n) is 21.2. The Bertz CT molecular complexity index is 1610. The highest BCUT2D eigenvalue weighted by atomic mass is 32.2. The van der Waals surface area contributed by atoms with Crippen molar-refractivity contribution in [1.82, 2.24) is 15.0 Å². The van der Waals surface area contributed by atoms with Crippen LogP contribution in [0.1, 0.15) is 36.0 Å². The number of carbonyl (C=O) groups is 1. The number of carbonyl (C=O) groups excluding carboxylic acids is 1. The normalized spacial score (nSPS) is 14.8. The minimum absolute atomic E-state index is 0.134. The quantitative estimate of drug-likeness (QED) is 0.400. The number of sulfonamides is 1. The lowest BCUT2D eigenvalue weighted by Crippen LogP contribution is -2.18. The summed E-state index contributed by atoms with van der Waals surface area (Å²) in [7, 11) is -4.76. The minimum Gasteiger partial charge on any atom is -0.345 e. The molecule has 7 nitrogen and oxygen atoms in total. The van der Waals surface area contributed by atoms with Gasteiger partial charge in [0.25, 0.3) is 0 Å². The number of aromatic amines is 1. The number of pyridine rings is 2. The fourth-order valence-electron chi connectivity index (χ4n) is 3.16. The maximum atomic E-state index is 15.3. The highest BCUT2D eigenvalue weighted by Crippen LogP contribution is 2.29. The van der Waals surface area contributed by atoms with Crippen molar-refractivity contribution in [2.45, 2.75) is 13.2 Å². The average Bonchev–Trinajstić information content (AvgIpc) is 3.23. The van der Waals surface area contributed by atoms with Crippen molar-refractivity contribution in [1.29, 1.82) is 0 Å². The maximum absolute atomic E-state index is 15.3. The van der Waals surface area contributed by atoms with E-state index < -0.39 is 57.7 Å². The monoisotopic (exact) mass is 461 g/mol. The second kappa shape index (κ2) is 8.46. The Morgan fingerprint density at radius 3 is 2.84 bits per heavy atom. The third-order valence-corrected chi connectivity index (χ3v) is 5.67. The number of H-pyrrole nitrogens is 1. The zero-order valence-corrected chi connectivity index (χ0v) is 17.0. The molecule has 0 bridgehead atoms. The van der Waals surface area contributed by atoms with Crippen molar-refractivity contribution in [2.24, 2.45) is 0 Å². The van der Waals surface area contributed by atoms with Gasteiger partial charge in [-0.1, -0.05) is 12.9 Å². The van der Waals surface area contributed by atoms with E-state index in [1.165, 1.54) is 12.4 Å². The van der Waals surface area contributed by atoms with Crippen molar-refractivity contribution in [2.75, 3.05) is 10.5 Å². The molecule has 0 aliphatic rings. The topological polar surface area (TPSA) is 105 Å². The summed E-state index contributed by atoms with van der Waals surface area (Å²) in [6.07, 6.45) is 2.73. The van der Waals surface area contributed by atoms with Gasteiger partial charge in [0.15, 0.2) is 5.82 Å². The summed E-state index contributed by atoms with van der Waals surface area (Å²) in [4.78, 5) is 24.2. The van der Waals surface area contributed by atoms with E-state index in [1.54, 1.807) is 35.3 Å². The first-order valence-electron chi connectivity index (χ1n) is 11.6. The molecule has 0 spiro atoms. The van der Waals surface area contributed by atoms with E-state index in [1.807, 2.05) is 0 Å². The Kier molecular flexibility index (Phi) is 4.24. The van der Waals surface area contributed by atoms with Gasteiger partial charge in [-0.25, -0.2) is 22.2 Å². The predicted molar refractivity (Wildman–Crippen MR) is 117 cm³/mol. The molecule has 0 atom stereocenters. The van der Waals surface area contributed by atoms with Crippen molar-refractivity contribution in [3.8, 4) is 11.1 Å². The molecular formula is C22H18F2N4O3S. The van der Waals surface area contributed by atoms with Gasteiger partial charge in [-0.05, 0) is 30.6 Å². The van der Waals surface area contributed by atoms with Crippen LogP contribution in [-0.2, 0) is 10.0 Å². The minimum atomic E-state index is -4.76. The van der Waals surface area contributed by atoms with Crippen molar-refractivity contribution >= 4 is 32.5 Å². The molecule has 0 aliphatic heterocycles. The van der Waals surface area contributed by atoms with Gasteiger partial charge >= 0.3 is 0 Å². The number of benzene rings is 1. The van der Waals surface area contributed by atoms with Crippen molar-refractivity contribution < 1.29 is 28.8 Å². The molecule has 4 rings (SSSR count). The number of fused-ring (bicyclic) bond motifs is 1. The molecule has 32 heavy (non-hydrogen) atoms. The van der Waals surface area contributed by atoms with Crippen LogP contribution in [0.3, 0.4) is 0 Å². The van der Waals surface area contributed by atoms with Gasteiger partial charge in [-0.3, -0.25) is 14.5 Å². The van der Waals surface area contributed by atoms with Crippen LogP contribution in [0.2, 0.25) is 0 Å². The molecule has 0 saturated heterocycles. The SMILES string of the molecule is [2H]C([2H])([2H])C([2H])([2H])CS(=O)(=O)Nc1ccc(F)c(C(=O)c2c[nH]c3ncc(-c4cccnc4)cc23)c1F. The smallest absolute Gasteiger partial charge is 0.232 e. The van der Waals surface area contributed by atoms with Gasteiger partial charge in [-0.15, -0.1) is 0 Å². The molecule has 0 unspecified atom stereocenters. The second-order valence-electron chi connectivity index (χ2n) is 6.72. The van der Waals surface area contributed by atoms with Gasteiger partial charge in [0.1, 0.15) is 11.5 Å². The molecule has 2 N–H and O–H groups in total. The van der Waals surface area contributed by atoms with Crippen LogP contribution in [0, 0.1) is 11.6 Å². The Balaban J connectivity index is 1.72. The second-order valence-corrected chi connectivity index (χ2v) is 8.44. The molecule has 164 valence electrons. The first-order chi connectivity index (χ1) is 17.2. The number of anilines is 1. The van der Waals surface area contributed by atoms with E-state index in [4.69, 9.17) is 6.85 Å². The number of aromatic nitrogens is 3. The lowest BCUT2D eigenvalue weighted by atomic mass is 10.00. The molecule has 0 amide bonds. The summed E-state index contributed by atoms with van der Waals surface area (Å²) in [5, 5.41) is 0.252. The van der Waals surface area contributed by atoms with Crippen LogP contribution in [0.4, 0.5) is 14.5 Å². The first kappa shape index (κ1) is 16.0. The third kappa shape index (κ3) is 4.09. The zero-order chi connectivity index (χ0) is 27.2. The molecule has 4 aromatic rings. The van der Waals surface area contributed by atoms with Gasteiger partial charge < -0.3 is 4.98 Å². The van der Waals surface area contributed by atoms with Crippen LogP contribution >= 0.6 is 0 Å². The summed E-state index contributed by atoms with van der Waals surface area (Å²) in [6.45, 7) is -3.28. The van der Waals surface area contributed by atoms with Crippen LogP contribution in [0.5, 0.6) is 0 Å². The van der Waals surface area contributed by atoms with Gasteiger partial charge in [-0.2, -0.15) is 0 Å². The molecular weight excluding hydrogens is 438 g/mol.